The summed E-state index contributed by atoms with van der Waals surface area (Å²) in [5.41, 5.74) is 6.09. The lowest BCUT2D eigenvalue weighted by atomic mass is 10.1. The van der Waals surface area contributed by atoms with Gasteiger partial charge in [-0.1, -0.05) is 0 Å². The van der Waals surface area contributed by atoms with Crippen molar-refractivity contribution in [1.29, 1.82) is 0 Å². The van der Waals surface area contributed by atoms with Gasteiger partial charge in [0.05, 0.1) is 17.7 Å². The van der Waals surface area contributed by atoms with Gasteiger partial charge in [0.15, 0.2) is 0 Å². The van der Waals surface area contributed by atoms with E-state index < -0.39 is 10.0 Å². The Morgan fingerprint density at radius 2 is 2.00 bits per heavy atom. The largest absolute Gasteiger partial charge is 0.495 e. The van der Waals surface area contributed by atoms with Crippen LogP contribution in [-0.2, 0) is 14.8 Å². The normalized spacial score (nSPS) is 17.4. The van der Waals surface area contributed by atoms with Gasteiger partial charge in [0.1, 0.15) is 5.75 Å². The third-order valence-corrected chi connectivity index (χ3v) is 5.49. The summed E-state index contributed by atoms with van der Waals surface area (Å²) in [7, 11) is -0.447. The molecule has 1 aromatic rings. The fourth-order valence-electron chi connectivity index (χ4n) is 2.28. The van der Waals surface area contributed by atoms with Crippen LogP contribution in [0.4, 0.5) is 5.69 Å². The van der Waals surface area contributed by atoms with Crippen LogP contribution in [0, 0.1) is 0 Å². The third-order valence-electron chi connectivity index (χ3n) is 3.58. The molecule has 0 unspecified atom stereocenters. The molecule has 0 atom stereocenters. The molecular weight excluding hydrogens is 280 g/mol. The number of anilines is 1. The Balaban J connectivity index is 2.27. The highest BCUT2D eigenvalue weighted by Crippen LogP contribution is 2.27. The molecular formula is C13H20N2O4S. The number of nitrogens with zero attached hydrogens (tertiary/aromatic N) is 1. The first-order valence-corrected chi connectivity index (χ1v) is 7.90. The Bertz CT molecular complexity index is 568. The fourth-order valence-corrected chi connectivity index (χ4v) is 3.74. The lowest BCUT2D eigenvalue weighted by Crippen LogP contribution is -2.40. The number of nitrogens with two attached hydrogens (primary N) is 1. The molecule has 1 aliphatic rings. The van der Waals surface area contributed by atoms with E-state index in [1.807, 2.05) is 0 Å². The van der Waals surface area contributed by atoms with Crippen LogP contribution in [0.2, 0.25) is 0 Å². The number of sulfonamides is 1. The zero-order valence-electron chi connectivity index (χ0n) is 11.7. The van der Waals surface area contributed by atoms with Crippen LogP contribution < -0.4 is 10.5 Å². The summed E-state index contributed by atoms with van der Waals surface area (Å²) in [6.45, 7) is 1.19. The first-order valence-electron chi connectivity index (χ1n) is 6.46. The summed E-state index contributed by atoms with van der Waals surface area (Å²) in [5.74, 6) is 0.470. The molecule has 6 nitrogen and oxygen atoms in total. The zero-order chi connectivity index (χ0) is 14.8. The molecule has 0 aliphatic carbocycles. The molecule has 0 amide bonds. The highest BCUT2D eigenvalue weighted by atomic mass is 32.2. The molecule has 0 bridgehead atoms. The SMILES string of the molecule is COc1ccc(S(=O)(=O)N(C)C2CCOCC2)cc1N. The molecule has 2 rings (SSSR count). The maximum Gasteiger partial charge on any atom is 0.243 e. The minimum atomic E-state index is -3.54. The molecule has 0 spiro atoms. The van der Waals surface area contributed by atoms with Crippen LogP contribution >= 0.6 is 0 Å². The van der Waals surface area contributed by atoms with E-state index in [9.17, 15) is 8.42 Å². The Morgan fingerprint density at radius 3 is 2.55 bits per heavy atom. The Hall–Kier alpha value is -1.31. The summed E-state index contributed by atoms with van der Waals surface area (Å²) in [4.78, 5) is 0.185. The predicted octanol–water partition coefficient (Wildman–Crippen LogP) is 1.08. The molecule has 1 heterocycles. The molecule has 0 radical (unpaired) electrons. The van der Waals surface area contributed by atoms with Crippen LogP contribution in [0.15, 0.2) is 23.1 Å². The number of ether oxygens (including phenoxy) is 2. The van der Waals surface area contributed by atoms with Crippen molar-refractivity contribution in [2.24, 2.45) is 0 Å². The third kappa shape index (κ3) is 2.89. The van der Waals surface area contributed by atoms with Crippen LogP contribution in [-0.4, -0.2) is 46.1 Å². The monoisotopic (exact) mass is 300 g/mol. The minimum absolute atomic E-state index is 0.0305. The molecule has 1 aromatic carbocycles. The lowest BCUT2D eigenvalue weighted by Gasteiger charge is -2.30. The Labute approximate surface area is 119 Å². The summed E-state index contributed by atoms with van der Waals surface area (Å²) in [6, 6.07) is 4.49. The van der Waals surface area contributed by atoms with Gasteiger partial charge in [-0.3, -0.25) is 0 Å². The maximum atomic E-state index is 12.6. The van der Waals surface area contributed by atoms with E-state index in [0.717, 1.165) is 0 Å². The van der Waals surface area contributed by atoms with Gasteiger partial charge in [-0.2, -0.15) is 4.31 Å². The minimum Gasteiger partial charge on any atom is -0.495 e. The van der Waals surface area contributed by atoms with Gasteiger partial charge >= 0.3 is 0 Å². The predicted molar refractivity (Wildman–Crippen MR) is 76.2 cm³/mol. The summed E-state index contributed by atoms with van der Waals surface area (Å²) in [6.07, 6.45) is 1.42. The van der Waals surface area contributed by atoms with Crippen LogP contribution in [0.3, 0.4) is 0 Å². The second-order valence-corrected chi connectivity index (χ2v) is 6.77. The van der Waals surface area contributed by atoms with E-state index in [-0.39, 0.29) is 10.9 Å². The standard InChI is InChI=1S/C13H20N2O4S/c1-15(10-5-7-19-8-6-10)20(16,17)11-3-4-13(18-2)12(14)9-11/h3-4,9-10H,5-8,14H2,1-2H3. The number of hydrogen-bond acceptors (Lipinski definition) is 5. The number of methoxy groups -OCH3 is 1. The van der Waals surface area contributed by atoms with Gasteiger partial charge in [-0.15, -0.1) is 0 Å². The second-order valence-electron chi connectivity index (χ2n) is 4.77. The van der Waals surface area contributed by atoms with E-state index in [1.54, 1.807) is 13.1 Å². The topological polar surface area (TPSA) is 81.9 Å². The first kappa shape index (κ1) is 15.1. The fraction of sp³-hybridized carbons (Fsp3) is 0.538. The summed E-state index contributed by atoms with van der Waals surface area (Å²) < 4.78 is 36.9. The van der Waals surface area contributed by atoms with Crippen molar-refractivity contribution in [1.82, 2.24) is 4.31 Å². The molecule has 1 fully saturated rings. The average molecular weight is 300 g/mol. The first-order chi connectivity index (χ1) is 9.46. The molecule has 112 valence electrons. The maximum absolute atomic E-state index is 12.6. The van der Waals surface area contributed by atoms with Gasteiger partial charge in [0.2, 0.25) is 10.0 Å². The highest BCUT2D eigenvalue weighted by Gasteiger charge is 2.29. The van der Waals surface area contributed by atoms with Crippen molar-refractivity contribution in [3.8, 4) is 5.75 Å². The van der Waals surface area contributed by atoms with Crippen molar-refractivity contribution in [2.75, 3.05) is 33.1 Å². The van der Waals surface area contributed by atoms with Crippen LogP contribution in [0.1, 0.15) is 12.8 Å². The van der Waals surface area contributed by atoms with Crippen molar-refractivity contribution in [3.05, 3.63) is 18.2 Å². The number of hydrogen-bond donors (Lipinski definition) is 1. The number of benzene rings is 1. The summed E-state index contributed by atoms with van der Waals surface area (Å²) in [5, 5.41) is 0. The van der Waals surface area contributed by atoms with Gasteiger partial charge in [0, 0.05) is 26.3 Å². The molecule has 1 saturated heterocycles. The second kappa shape index (κ2) is 5.99. The number of nitrogen functional groups attached to an aromatic ring is 1. The molecule has 0 saturated carbocycles. The quantitative estimate of drug-likeness (QED) is 0.841. The van der Waals surface area contributed by atoms with E-state index >= 15 is 0 Å². The zero-order valence-corrected chi connectivity index (χ0v) is 12.5. The van der Waals surface area contributed by atoms with Crippen LogP contribution in [0.5, 0.6) is 5.75 Å². The van der Waals surface area contributed by atoms with Crippen molar-refractivity contribution in [2.45, 2.75) is 23.8 Å². The van der Waals surface area contributed by atoms with Gasteiger partial charge in [0.25, 0.3) is 0 Å². The lowest BCUT2D eigenvalue weighted by molar-refractivity contribution is 0.0632. The van der Waals surface area contributed by atoms with Gasteiger partial charge in [-0.05, 0) is 31.0 Å². The van der Waals surface area contributed by atoms with Gasteiger partial charge < -0.3 is 15.2 Å². The Morgan fingerprint density at radius 1 is 1.35 bits per heavy atom. The number of rotatable bonds is 4. The smallest absolute Gasteiger partial charge is 0.243 e. The van der Waals surface area contributed by atoms with Crippen molar-refractivity contribution < 1.29 is 17.9 Å². The Kier molecular flexibility index (Phi) is 4.52. The van der Waals surface area contributed by atoms with Gasteiger partial charge in [-0.25, -0.2) is 8.42 Å². The van der Waals surface area contributed by atoms with E-state index in [2.05, 4.69) is 0 Å². The molecule has 20 heavy (non-hydrogen) atoms. The molecule has 7 heteroatoms. The molecule has 2 N–H and O–H groups in total. The molecule has 1 aliphatic heterocycles. The van der Waals surface area contributed by atoms with Crippen molar-refractivity contribution in [3.63, 3.8) is 0 Å². The highest BCUT2D eigenvalue weighted by molar-refractivity contribution is 7.89. The average Bonchev–Trinajstić information content (AvgIpc) is 2.47. The van der Waals surface area contributed by atoms with Crippen molar-refractivity contribution >= 4 is 15.7 Å². The van der Waals surface area contributed by atoms with E-state index in [4.69, 9.17) is 15.2 Å². The van der Waals surface area contributed by atoms with Crippen LogP contribution in [0.25, 0.3) is 0 Å². The summed E-state index contributed by atoms with van der Waals surface area (Å²) >= 11 is 0. The van der Waals surface area contributed by atoms with E-state index in [0.29, 0.717) is 37.5 Å². The molecule has 0 aromatic heterocycles. The van der Waals surface area contributed by atoms with E-state index in [1.165, 1.54) is 23.5 Å².